The number of carboxylic acid groups (broad SMARTS) is 1. The van der Waals surface area contributed by atoms with E-state index in [0.29, 0.717) is 5.52 Å². The van der Waals surface area contributed by atoms with Crippen LogP contribution >= 0.6 is 0 Å². The van der Waals surface area contributed by atoms with Crippen LogP contribution in [0.4, 0.5) is 0 Å². The van der Waals surface area contributed by atoms with E-state index in [1.54, 1.807) is 36.5 Å². The van der Waals surface area contributed by atoms with Gasteiger partial charge < -0.3 is 15.5 Å². The van der Waals surface area contributed by atoms with Crippen molar-refractivity contribution < 1.29 is 19.8 Å². The Morgan fingerprint density at radius 2 is 2.00 bits per heavy atom. The van der Waals surface area contributed by atoms with Crippen molar-refractivity contribution in [2.24, 2.45) is 0 Å². The van der Waals surface area contributed by atoms with Gasteiger partial charge in [-0.2, -0.15) is 0 Å². The Hall–Kier alpha value is -2.47. The average molecular weight is 260 g/mol. The third-order valence-corrected chi connectivity index (χ3v) is 2.66. The van der Waals surface area contributed by atoms with Crippen LogP contribution in [-0.2, 0) is 4.79 Å². The lowest BCUT2D eigenvalue weighted by Gasteiger charge is -2.12. The zero-order valence-electron chi connectivity index (χ0n) is 9.91. The van der Waals surface area contributed by atoms with Crippen LogP contribution in [0.5, 0.6) is 0 Å². The molecule has 6 nitrogen and oxygen atoms in total. The molecule has 0 aliphatic heterocycles. The Bertz CT molecular complexity index is 622. The Balaban J connectivity index is 2.34. The second kappa shape index (κ2) is 5.45. The van der Waals surface area contributed by atoms with E-state index in [-0.39, 0.29) is 5.56 Å². The molecule has 0 aliphatic rings. The maximum absolute atomic E-state index is 12.0. The number of nitrogens with zero attached hydrogens (tertiary/aromatic N) is 1. The van der Waals surface area contributed by atoms with Crippen molar-refractivity contribution in [1.29, 1.82) is 0 Å². The summed E-state index contributed by atoms with van der Waals surface area (Å²) in [6, 6.07) is 7.28. The van der Waals surface area contributed by atoms with E-state index in [2.05, 4.69) is 10.3 Å². The van der Waals surface area contributed by atoms with Crippen molar-refractivity contribution in [3.8, 4) is 0 Å². The monoisotopic (exact) mass is 260 g/mol. The summed E-state index contributed by atoms with van der Waals surface area (Å²) in [6.45, 7) is -0.667. The summed E-state index contributed by atoms with van der Waals surface area (Å²) in [5.41, 5.74) is 0.766. The van der Waals surface area contributed by atoms with Crippen LogP contribution in [0.15, 0.2) is 36.5 Å². The van der Waals surface area contributed by atoms with Gasteiger partial charge in [0.15, 0.2) is 6.04 Å². The Kier molecular flexibility index (Phi) is 3.72. The highest BCUT2D eigenvalue weighted by Crippen LogP contribution is 2.15. The van der Waals surface area contributed by atoms with Crippen LogP contribution in [0.25, 0.3) is 10.9 Å². The summed E-state index contributed by atoms with van der Waals surface area (Å²) in [6.07, 6.45) is 1.56. The van der Waals surface area contributed by atoms with Crippen molar-refractivity contribution >= 4 is 22.8 Å². The first-order valence-electron chi connectivity index (χ1n) is 5.61. The molecule has 2 rings (SSSR count). The molecule has 1 amide bonds. The fraction of sp³-hybridized carbons (Fsp3) is 0.154. The number of fused-ring (bicyclic) bond motifs is 1. The van der Waals surface area contributed by atoms with Crippen LogP contribution in [0.2, 0.25) is 0 Å². The molecule has 2 aromatic rings. The molecule has 0 spiro atoms. The van der Waals surface area contributed by atoms with E-state index >= 15 is 0 Å². The second-order valence-electron chi connectivity index (χ2n) is 3.93. The zero-order valence-corrected chi connectivity index (χ0v) is 9.91. The van der Waals surface area contributed by atoms with E-state index in [1.165, 1.54) is 0 Å². The first kappa shape index (κ1) is 13.0. The minimum atomic E-state index is -1.33. The van der Waals surface area contributed by atoms with E-state index in [9.17, 15) is 9.59 Å². The van der Waals surface area contributed by atoms with Crippen LogP contribution in [0.1, 0.15) is 10.4 Å². The summed E-state index contributed by atoms with van der Waals surface area (Å²) in [5, 5.41) is 20.7. The Morgan fingerprint density at radius 1 is 1.26 bits per heavy atom. The van der Waals surface area contributed by atoms with E-state index in [4.69, 9.17) is 10.2 Å². The van der Waals surface area contributed by atoms with Crippen molar-refractivity contribution in [1.82, 2.24) is 10.3 Å². The molecule has 1 atom stereocenters. The number of nitrogens with one attached hydrogen (secondary N) is 1. The number of carbonyl (C=O) groups is 2. The molecule has 98 valence electrons. The van der Waals surface area contributed by atoms with Crippen molar-refractivity contribution in [3.05, 3.63) is 42.1 Å². The quantitative estimate of drug-likeness (QED) is 0.739. The van der Waals surface area contributed by atoms with Gasteiger partial charge in [-0.1, -0.05) is 18.2 Å². The first-order valence-corrected chi connectivity index (χ1v) is 5.61. The predicted molar refractivity (Wildman–Crippen MR) is 67.7 cm³/mol. The normalized spacial score (nSPS) is 12.1. The number of benzene rings is 1. The van der Waals surface area contributed by atoms with Gasteiger partial charge in [-0.25, -0.2) is 4.79 Å². The highest BCUT2D eigenvalue weighted by molar-refractivity contribution is 6.06. The number of aliphatic hydroxyl groups excluding tert-OH is 1. The minimum Gasteiger partial charge on any atom is -0.480 e. The van der Waals surface area contributed by atoms with Crippen molar-refractivity contribution in [2.75, 3.05) is 6.61 Å². The van der Waals surface area contributed by atoms with Crippen LogP contribution in [0, 0.1) is 0 Å². The maximum atomic E-state index is 12.0. The lowest BCUT2D eigenvalue weighted by Crippen LogP contribution is -2.43. The lowest BCUT2D eigenvalue weighted by atomic mass is 10.1. The van der Waals surface area contributed by atoms with Gasteiger partial charge >= 0.3 is 5.97 Å². The van der Waals surface area contributed by atoms with Crippen LogP contribution < -0.4 is 5.32 Å². The summed E-state index contributed by atoms with van der Waals surface area (Å²) >= 11 is 0. The highest BCUT2D eigenvalue weighted by Gasteiger charge is 2.20. The van der Waals surface area contributed by atoms with E-state index < -0.39 is 24.5 Å². The van der Waals surface area contributed by atoms with Gasteiger partial charge in [0.2, 0.25) is 0 Å². The maximum Gasteiger partial charge on any atom is 0.328 e. The molecule has 0 bridgehead atoms. The third-order valence-electron chi connectivity index (χ3n) is 2.66. The number of amides is 1. The summed E-state index contributed by atoms with van der Waals surface area (Å²) in [7, 11) is 0. The van der Waals surface area contributed by atoms with Gasteiger partial charge in [-0.15, -0.1) is 0 Å². The molecule has 1 aromatic heterocycles. The van der Waals surface area contributed by atoms with Gasteiger partial charge in [0.05, 0.1) is 17.7 Å². The summed E-state index contributed by atoms with van der Waals surface area (Å²) in [5.74, 6) is -1.87. The molecule has 0 radical (unpaired) electrons. The number of aliphatic carboxylic acids is 1. The van der Waals surface area contributed by atoms with Crippen LogP contribution in [-0.4, -0.2) is 39.7 Å². The predicted octanol–water partition coefficient (Wildman–Crippen LogP) is 0.410. The molecular formula is C13H12N2O4. The number of aliphatic hydroxyl groups is 1. The molecule has 0 saturated carbocycles. The number of carbonyl (C=O) groups excluding carboxylic acids is 1. The lowest BCUT2D eigenvalue weighted by molar-refractivity contribution is -0.140. The Morgan fingerprint density at radius 3 is 2.68 bits per heavy atom. The topological polar surface area (TPSA) is 99.5 Å². The van der Waals surface area contributed by atoms with Crippen LogP contribution in [0.3, 0.4) is 0 Å². The summed E-state index contributed by atoms with van der Waals surface area (Å²) in [4.78, 5) is 26.9. The van der Waals surface area contributed by atoms with Crippen molar-refractivity contribution in [2.45, 2.75) is 6.04 Å². The zero-order chi connectivity index (χ0) is 13.8. The smallest absolute Gasteiger partial charge is 0.328 e. The molecule has 0 fully saturated rings. The minimum absolute atomic E-state index is 0.276. The average Bonchev–Trinajstić information content (AvgIpc) is 2.43. The molecule has 0 saturated heterocycles. The molecule has 1 aromatic carbocycles. The van der Waals surface area contributed by atoms with Gasteiger partial charge in [-0.05, 0) is 12.1 Å². The third kappa shape index (κ3) is 2.69. The molecule has 6 heteroatoms. The van der Waals surface area contributed by atoms with Crippen molar-refractivity contribution in [3.63, 3.8) is 0 Å². The molecular weight excluding hydrogens is 248 g/mol. The standard InChI is InChI=1S/C13H12N2O4/c16-7-10(13(18)19)15-12(17)9-5-1-3-8-4-2-6-14-11(8)9/h1-6,10,16H,7H2,(H,15,17)(H,18,19)/t10-/m1/s1. The molecule has 19 heavy (non-hydrogen) atoms. The number of pyridine rings is 1. The number of rotatable bonds is 4. The van der Waals surface area contributed by atoms with Gasteiger partial charge in [0.1, 0.15) is 0 Å². The second-order valence-corrected chi connectivity index (χ2v) is 3.93. The fourth-order valence-corrected chi connectivity index (χ4v) is 1.71. The molecule has 3 N–H and O–H groups in total. The van der Waals surface area contributed by atoms with Gasteiger partial charge in [0, 0.05) is 11.6 Å². The number of hydrogen-bond acceptors (Lipinski definition) is 4. The first-order chi connectivity index (χ1) is 9.13. The number of para-hydroxylation sites is 1. The number of aromatic nitrogens is 1. The van der Waals surface area contributed by atoms with Gasteiger partial charge in [0.25, 0.3) is 5.91 Å². The van der Waals surface area contributed by atoms with E-state index in [0.717, 1.165) is 5.39 Å². The van der Waals surface area contributed by atoms with Gasteiger partial charge in [-0.3, -0.25) is 9.78 Å². The summed E-state index contributed by atoms with van der Waals surface area (Å²) < 4.78 is 0. The largest absolute Gasteiger partial charge is 0.480 e. The fourth-order valence-electron chi connectivity index (χ4n) is 1.71. The molecule has 1 heterocycles. The molecule has 0 aliphatic carbocycles. The number of carboxylic acids is 1. The SMILES string of the molecule is O=C(N[C@H](CO)C(=O)O)c1cccc2cccnc12. The number of hydrogen-bond donors (Lipinski definition) is 3. The Labute approximate surface area is 108 Å². The van der Waals surface area contributed by atoms with E-state index in [1.807, 2.05) is 0 Å². The highest BCUT2D eigenvalue weighted by atomic mass is 16.4. The molecule has 0 unspecified atom stereocenters.